The predicted octanol–water partition coefficient (Wildman–Crippen LogP) is 4.43. The first kappa shape index (κ1) is 17.0. The maximum absolute atomic E-state index is 5.20. The number of hydrogen-bond acceptors (Lipinski definition) is 2. The van der Waals surface area contributed by atoms with E-state index in [1.165, 1.54) is 31.2 Å². The van der Waals surface area contributed by atoms with Crippen LogP contribution in [-0.2, 0) is 6.42 Å². The molecule has 0 spiro atoms. The Morgan fingerprint density at radius 3 is 2.40 bits per heavy atom. The van der Waals surface area contributed by atoms with Gasteiger partial charge in [0.05, 0.1) is 7.11 Å². The van der Waals surface area contributed by atoms with Gasteiger partial charge in [0.1, 0.15) is 5.75 Å². The first-order chi connectivity index (χ1) is 9.69. The molecule has 0 radical (unpaired) electrons. The molecule has 0 heterocycles. The monoisotopic (exact) mass is 277 g/mol. The van der Waals surface area contributed by atoms with Gasteiger partial charge in [0.25, 0.3) is 0 Å². The quantitative estimate of drug-likeness (QED) is 0.683. The second kappa shape index (κ2) is 9.82. The van der Waals surface area contributed by atoms with Crippen LogP contribution in [0.1, 0.15) is 52.0 Å². The molecule has 0 aliphatic rings. The average Bonchev–Trinajstić information content (AvgIpc) is 2.50. The lowest BCUT2D eigenvalue weighted by Gasteiger charge is -2.21. The van der Waals surface area contributed by atoms with Gasteiger partial charge in [-0.3, -0.25) is 0 Å². The lowest BCUT2D eigenvalue weighted by Crippen LogP contribution is -2.31. The van der Waals surface area contributed by atoms with Crippen molar-refractivity contribution in [3.05, 3.63) is 29.8 Å². The molecule has 20 heavy (non-hydrogen) atoms. The van der Waals surface area contributed by atoms with E-state index in [2.05, 4.69) is 50.4 Å². The number of nitrogens with one attached hydrogen (secondary N) is 1. The van der Waals surface area contributed by atoms with Crippen molar-refractivity contribution >= 4 is 0 Å². The minimum atomic E-state index is 0.645. The molecule has 1 aromatic rings. The van der Waals surface area contributed by atoms with Gasteiger partial charge < -0.3 is 10.1 Å². The maximum atomic E-state index is 5.20. The van der Waals surface area contributed by atoms with E-state index in [1.54, 1.807) is 7.11 Å². The van der Waals surface area contributed by atoms with Crippen molar-refractivity contribution in [2.75, 3.05) is 13.7 Å². The molecule has 2 unspecified atom stereocenters. The van der Waals surface area contributed by atoms with Gasteiger partial charge in [-0.1, -0.05) is 39.3 Å². The van der Waals surface area contributed by atoms with Crippen LogP contribution in [0, 0.1) is 5.92 Å². The summed E-state index contributed by atoms with van der Waals surface area (Å²) in [5, 5.41) is 3.70. The summed E-state index contributed by atoms with van der Waals surface area (Å²) in [6.45, 7) is 8.00. The van der Waals surface area contributed by atoms with Crippen molar-refractivity contribution in [3.8, 4) is 5.75 Å². The van der Waals surface area contributed by atoms with Gasteiger partial charge in [-0.25, -0.2) is 0 Å². The van der Waals surface area contributed by atoms with E-state index >= 15 is 0 Å². The Morgan fingerprint density at radius 2 is 1.85 bits per heavy atom. The largest absolute Gasteiger partial charge is 0.497 e. The molecule has 0 saturated heterocycles. The van der Waals surface area contributed by atoms with E-state index in [4.69, 9.17) is 4.74 Å². The summed E-state index contributed by atoms with van der Waals surface area (Å²) in [5.74, 6) is 1.74. The molecule has 1 rings (SSSR count). The van der Waals surface area contributed by atoms with Crippen LogP contribution in [0.3, 0.4) is 0 Å². The van der Waals surface area contributed by atoms with Crippen LogP contribution < -0.4 is 10.1 Å². The molecule has 0 fully saturated rings. The second-order valence-corrected chi connectivity index (χ2v) is 5.79. The summed E-state index contributed by atoms with van der Waals surface area (Å²) in [7, 11) is 1.71. The highest BCUT2D eigenvalue weighted by atomic mass is 16.5. The standard InChI is InChI=1S/C18H31NO/c1-5-13-19-17(14-15(3)6-2)10-7-16-8-11-18(20-4)12-9-16/h8-9,11-12,15,17,19H,5-7,10,13-14H2,1-4H3. The summed E-state index contributed by atoms with van der Waals surface area (Å²) in [6.07, 6.45) is 6.12. The average molecular weight is 277 g/mol. The van der Waals surface area contributed by atoms with E-state index in [0.29, 0.717) is 6.04 Å². The Bertz CT molecular complexity index is 347. The molecule has 2 heteroatoms. The van der Waals surface area contributed by atoms with Gasteiger partial charge in [0.2, 0.25) is 0 Å². The van der Waals surface area contributed by atoms with Crippen LogP contribution in [-0.4, -0.2) is 19.7 Å². The van der Waals surface area contributed by atoms with Gasteiger partial charge in [-0.05, 0) is 55.8 Å². The van der Waals surface area contributed by atoms with E-state index in [0.717, 1.165) is 24.6 Å². The third-order valence-electron chi connectivity index (χ3n) is 4.01. The van der Waals surface area contributed by atoms with Crippen molar-refractivity contribution in [2.24, 2.45) is 5.92 Å². The molecule has 114 valence electrons. The number of aryl methyl sites for hydroxylation is 1. The SMILES string of the molecule is CCCNC(CCc1ccc(OC)cc1)CC(C)CC. The predicted molar refractivity (Wildman–Crippen MR) is 87.5 cm³/mol. The molecule has 0 bridgehead atoms. The minimum absolute atomic E-state index is 0.645. The third-order valence-corrected chi connectivity index (χ3v) is 4.01. The number of methoxy groups -OCH3 is 1. The molecule has 0 aliphatic heterocycles. The first-order valence-corrected chi connectivity index (χ1v) is 8.05. The fourth-order valence-corrected chi connectivity index (χ4v) is 2.44. The van der Waals surface area contributed by atoms with Crippen LogP contribution in [0.15, 0.2) is 24.3 Å². The van der Waals surface area contributed by atoms with Crippen molar-refractivity contribution in [3.63, 3.8) is 0 Å². The summed E-state index contributed by atoms with van der Waals surface area (Å²) < 4.78 is 5.20. The number of benzene rings is 1. The molecule has 2 nitrogen and oxygen atoms in total. The van der Waals surface area contributed by atoms with Crippen LogP contribution in [0.2, 0.25) is 0 Å². The lowest BCUT2D eigenvalue weighted by atomic mass is 9.94. The number of hydrogen-bond donors (Lipinski definition) is 1. The van der Waals surface area contributed by atoms with Crippen LogP contribution in [0.4, 0.5) is 0 Å². The van der Waals surface area contributed by atoms with Gasteiger partial charge in [0.15, 0.2) is 0 Å². The Labute approximate surface area is 124 Å². The second-order valence-electron chi connectivity index (χ2n) is 5.79. The van der Waals surface area contributed by atoms with Crippen molar-refractivity contribution < 1.29 is 4.74 Å². The molecule has 0 amide bonds. The van der Waals surface area contributed by atoms with E-state index in [1.807, 2.05) is 0 Å². The van der Waals surface area contributed by atoms with Gasteiger partial charge in [0, 0.05) is 6.04 Å². The highest BCUT2D eigenvalue weighted by molar-refractivity contribution is 5.27. The Hall–Kier alpha value is -1.02. The molecular formula is C18H31NO. The summed E-state index contributed by atoms with van der Waals surface area (Å²) in [4.78, 5) is 0. The van der Waals surface area contributed by atoms with Crippen LogP contribution in [0.25, 0.3) is 0 Å². The molecule has 0 aliphatic carbocycles. The molecule has 0 saturated carbocycles. The molecular weight excluding hydrogens is 246 g/mol. The molecule has 0 aromatic heterocycles. The van der Waals surface area contributed by atoms with Crippen molar-refractivity contribution in [2.45, 2.75) is 58.9 Å². The highest BCUT2D eigenvalue weighted by Crippen LogP contribution is 2.17. The summed E-state index contributed by atoms with van der Waals surface area (Å²) in [6, 6.07) is 9.11. The van der Waals surface area contributed by atoms with E-state index in [9.17, 15) is 0 Å². The van der Waals surface area contributed by atoms with Crippen LogP contribution >= 0.6 is 0 Å². The Kier molecular flexibility index (Phi) is 8.36. The van der Waals surface area contributed by atoms with E-state index in [-0.39, 0.29) is 0 Å². The van der Waals surface area contributed by atoms with Crippen molar-refractivity contribution in [1.29, 1.82) is 0 Å². The summed E-state index contributed by atoms with van der Waals surface area (Å²) >= 11 is 0. The van der Waals surface area contributed by atoms with Gasteiger partial charge in [-0.2, -0.15) is 0 Å². The van der Waals surface area contributed by atoms with Gasteiger partial charge in [-0.15, -0.1) is 0 Å². The zero-order valence-electron chi connectivity index (χ0n) is 13.6. The third kappa shape index (κ3) is 6.42. The Morgan fingerprint density at radius 1 is 1.15 bits per heavy atom. The summed E-state index contributed by atoms with van der Waals surface area (Å²) in [5.41, 5.74) is 1.40. The Balaban J connectivity index is 2.46. The maximum Gasteiger partial charge on any atom is 0.118 e. The van der Waals surface area contributed by atoms with Crippen LogP contribution in [0.5, 0.6) is 5.75 Å². The molecule has 2 atom stereocenters. The molecule has 1 N–H and O–H groups in total. The fraction of sp³-hybridized carbons (Fsp3) is 0.667. The number of ether oxygens (including phenoxy) is 1. The fourth-order valence-electron chi connectivity index (χ4n) is 2.44. The zero-order valence-corrected chi connectivity index (χ0v) is 13.6. The minimum Gasteiger partial charge on any atom is -0.497 e. The topological polar surface area (TPSA) is 21.3 Å². The highest BCUT2D eigenvalue weighted by Gasteiger charge is 2.11. The first-order valence-electron chi connectivity index (χ1n) is 8.05. The van der Waals surface area contributed by atoms with Crippen molar-refractivity contribution in [1.82, 2.24) is 5.32 Å². The zero-order chi connectivity index (χ0) is 14.8. The normalized spacial score (nSPS) is 14.0. The number of rotatable bonds is 10. The smallest absolute Gasteiger partial charge is 0.118 e. The van der Waals surface area contributed by atoms with E-state index < -0.39 is 0 Å². The lowest BCUT2D eigenvalue weighted by molar-refractivity contribution is 0.377. The molecule has 1 aromatic carbocycles. The van der Waals surface area contributed by atoms with Gasteiger partial charge >= 0.3 is 0 Å².